The number of nitrogens with two attached hydrogens (primary N) is 1. The Morgan fingerprint density at radius 2 is 1.95 bits per heavy atom. The molecule has 0 atom stereocenters. The molecule has 1 fully saturated rings. The fourth-order valence-corrected chi connectivity index (χ4v) is 2.92. The van der Waals surface area contributed by atoms with Crippen molar-refractivity contribution in [1.29, 1.82) is 0 Å². The van der Waals surface area contributed by atoms with Crippen LogP contribution in [0.2, 0.25) is 0 Å². The first-order chi connectivity index (χ1) is 9.63. The van der Waals surface area contributed by atoms with Gasteiger partial charge in [-0.05, 0) is 31.0 Å². The Kier molecular flexibility index (Phi) is 4.82. The van der Waals surface area contributed by atoms with Crippen LogP contribution in [0.4, 0.5) is 10.1 Å². The molecule has 1 aromatic carbocycles. The molecule has 0 bridgehead atoms. The van der Waals surface area contributed by atoms with E-state index in [0.717, 1.165) is 18.5 Å². The van der Waals surface area contributed by atoms with Crippen LogP contribution in [0.5, 0.6) is 0 Å². The molecule has 0 spiro atoms. The van der Waals surface area contributed by atoms with E-state index in [2.05, 4.69) is 10.1 Å². The summed E-state index contributed by atoms with van der Waals surface area (Å²) in [5.74, 6) is -0.440. The molecule has 0 aliphatic heterocycles. The van der Waals surface area contributed by atoms with Gasteiger partial charge in [-0.15, -0.1) is 0 Å². The average molecular weight is 279 g/mol. The van der Waals surface area contributed by atoms with Crippen molar-refractivity contribution in [3.8, 4) is 0 Å². The van der Waals surface area contributed by atoms with Crippen molar-refractivity contribution in [3.63, 3.8) is 0 Å². The highest BCUT2D eigenvalue weighted by Crippen LogP contribution is 2.28. The first-order valence-corrected chi connectivity index (χ1v) is 7.13. The summed E-state index contributed by atoms with van der Waals surface area (Å²) in [6.45, 7) is 0. The number of nitrogens with zero attached hydrogens (tertiary/aromatic N) is 2. The van der Waals surface area contributed by atoms with Crippen LogP contribution in [-0.4, -0.2) is 24.1 Å². The van der Waals surface area contributed by atoms with Crippen molar-refractivity contribution < 1.29 is 9.60 Å². The molecule has 110 valence electrons. The zero-order valence-electron chi connectivity index (χ0n) is 11.8. The van der Waals surface area contributed by atoms with Crippen molar-refractivity contribution in [1.82, 2.24) is 0 Å². The number of amidine groups is 1. The van der Waals surface area contributed by atoms with E-state index in [1.807, 2.05) is 7.05 Å². The summed E-state index contributed by atoms with van der Waals surface area (Å²) in [4.78, 5) is 2.14. The summed E-state index contributed by atoms with van der Waals surface area (Å²) in [5, 5.41) is 11.9. The topological polar surface area (TPSA) is 61.8 Å². The lowest BCUT2D eigenvalue weighted by Gasteiger charge is -2.30. The van der Waals surface area contributed by atoms with Crippen molar-refractivity contribution in [3.05, 3.63) is 29.6 Å². The minimum absolute atomic E-state index is 0.0556. The van der Waals surface area contributed by atoms with Gasteiger partial charge in [-0.1, -0.05) is 30.8 Å². The first kappa shape index (κ1) is 14.6. The number of benzene rings is 1. The van der Waals surface area contributed by atoms with E-state index in [1.54, 1.807) is 6.07 Å². The van der Waals surface area contributed by atoms with Gasteiger partial charge in [-0.2, -0.15) is 0 Å². The van der Waals surface area contributed by atoms with Gasteiger partial charge in [0.25, 0.3) is 0 Å². The summed E-state index contributed by atoms with van der Waals surface area (Å²) in [5.41, 5.74) is 6.93. The van der Waals surface area contributed by atoms with E-state index in [-0.39, 0.29) is 11.7 Å². The fourth-order valence-electron chi connectivity index (χ4n) is 2.92. The zero-order valence-corrected chi connectivity index (χ0v) is 11.8. The van der Waals surface area contributed by atoms with E-state index in [0.29, 0.717) is 11.6 Å². The van der Waals surface area contributed by atoms with Crippen LogP contribution in [0.15, 0.2) is 23.4 Å². The summed E-state index contributed by atoms with van der Waals surface area (Å²) in [6.07, 6.45) is 7.25. The Morgan fingerprint density at radius 3 is 2.55 bits per heavy atom. The highest BCUT2D eigenvalue weighted by molar-refractivity contribution is 6.02. The van der Waals surface area contributed by atoms with Crippen molar-refractivity contribution >= 4 is 11.5 Å². The van der Waals surface area contributed by atoms with Gasteiger partial charge < -0.3 is 15.8 Å². The largest absolute Gasteiger partial charge is 0.409 e. The summed E-state index contributed by atoms with van der Waals surface area (Å²) in [6, 6.07) is 4.86. The molecular weight excluding hydrogens is 257 g/mol. The Balaban J connectivity index is 2.30. The Hall–Kier alpha value is -1.78. The van der Waals surface area contributed by atoms with Gasteiger partial charge in [0.2, 0.25) is 0 Å². The van der Waals surface area contributed by atoms with Crippen LogP contribution in [0.1, 0.15) is 44.1 Å². The van der Waals surface area contributed by atoms with Gasteiger partial charge in [0.15, 0.2) is 5.84 Å². The third kappa shape index (κ3) is 3.21. The predicted molar refractivity (Wildman–Crippen MR) is 78.8 cm³/mol. The Morgan fingerprint density at radius 1 is 1.30 bits per heavy atom. The van der Waals surface area contributed by atoms with E-state index in [9.17, 15) is 4.39 Å². The van der Waals surface area contributed by atoms with Gasteiger partial charge in [-0.3, -0.25) is 0 Å². The highest BCUT2D eigenvalue weighted by Gasteiger charge is 2.20. The van der Waals surface area contributed by atoms with Crippen LogP contribution in [-0.2, 0) is 0 Å². The Bertz CT molecular complexity index is 482. The minimum atomic E-state index is -0.385. The lowest BCUT2D eigenvalue weighted by Crippen LogP contribution is -2.33. The molecule has 3 N–H and O–H groups in total. The molecule has 1 aromatic rings. The first-order valence-electron chi connectivity index (χ1n) is 7.13. The lowest BCUT2D eigenvalue weighted by atomic mass is 10.0. The van der Waals surface area contributed by atoms with Crippen LogP contribution < -0.4 is 10.6 Å². The highest BCUT2D eigenvalue weighted by atomic mass is 19.1. The number of anilines is 1. The molecule has 20 heavy (non-hydrogen) atoms. The quantitative estimate of drug-likeness (QED) is 0.294. The van der Waals surface area contributed by atoms with Gasteiger partial charge in [0.1, 0.15) is 5.82 Å². The second-order valence-corrected chi connectivity index (χ2v) is 5.40. The van der Waals surface area contributed by atoms with Crippen LogP contribution in [0.25, 0.3) is 0 Å². The molecule has 5 heteroatoms. The molecule has 0 saturated heterocycles. The summed E-state index contributed by atoms with van der Waals surface area (Å²) in [7, 11) is 2.00. The van der Waals surface area contributed by atoms with Crippen LogP contribution in [0.3, 0.4) is 0 Å². The second-order valence-electron chi connectivity index (χ2n) is 5.40. The molecule has 1 saturated carbocycles. The number of rotatable bonds is 3. The number of hydrogen-bond donors (Lipinski definition) is 2. The summed E-state index contributed by atoms with van der Waals surface area (Å²) >= 11 is 0. The van der Waals surface area contributed by atoms with Gasteiger partial charge in [0.05, 0.1) is 0 Å². The molecular formula is C15H22FN3O. The number of hydrogen-bond acceptors (Lipinski definition) is 3. The van der Waals surface area contributed by atoms with E-state index >= 15 is 0 Å². The molecule has 0 heterocycles. The third-order valence-corrected chi connectivity index (χ3v) is 4.09. The van der Waals surface area contributed by atoms with Crippen LogP contribution in [0, 0.1) is 5.82 Å². The van der Waals surface area contributed by atoms with Crippen molar-refractivity contribution in [2.24, 2.45) is 10.9 Å². The predicted octanol–water partition coefficient (Wildman–Crippen LogP) is 3.08. The van der Waals surface area contributed by atoms with E-state index in [4.69, 9.17) is 10.9 Å². The molecule has 1 aliphatic carbocycles. The standard InChI is InChI=1S/C15H22FN3O/c1-19(12-6-4-2-3-5-7-12)14-9-8-11(16)10-13(14)15(17)18-20/h8-10,12,20H,2-7H2,1H3,(H2,17,18). The van der Waals surface area contributed by atoms with E-state index < -0.39 is 0 Å². The number of oxime groups is 1. The molecule has 0 amide bonds. The molecule has 0 unspecified atom stereocenters. The number of halogens is 1. The maximum atomic E-state index is 13.4. The third-order valence-electron chi connectivity index (χ3n) is 4.09. The molecule has 0 radical (unpaired) electrons. The van der Waals surface area contributed by atoms with E-state index in [1.165, 1.54) is 37.8 Å². The smallest absolute Gasteiger partial charge is 0.172 e. The average Bonchev–Trinajstić information content (AvgIpc) is 2.74. The Labute approximate surface area is 119 Å². The van der Waals surface area contributed by atoms with Crippen LogP contribution >= 0.6 is 0 Å². The van der Waals surface area contributed by atoms with Crippen molar-refractivity contribution in [2.45, 2.75) is 44.6 Å². The SMILES string of the molecule is CN(c1ccc(F)cc1C(N)=NO)C1CCCCCC1. The summed E-state index contributed by atoms with van der Waals surface area (Å²) < 4.78 is 13.4. The van der Waals surface area contributed by atoms with Crippen molar-refractivity contribution in [2.75, 3.05) is 11.9 Å². The maximum absolute atomic E-state index is 13.4. The lowest BCUT2D eigenvalue weighted by molar-refractivity contribution is 0.318. The van der Waals surface area contributed by atoms with Gasteiger partial charge in [-0.25, -0.2) is 4.39 Å². The van der Waals surface area contributed by atoms with Gasteiger partial charge >= 0.3 is 0 Å². The fraction of sp³-hybridized carbons (Fsp3) is 0.533. The molecule has 1 aliphatic rings. The monoisotopic (exact) mass is 279 g/mol. The molecule has 0 aromatic heterocycles. The maximum Gasteiger partial charge on any atom is 0.172 e. The second kappa shape index (κ2) is 6.59. The minimum Gasteiger partial charge on any atom is -0.409 e. The molecule has 4 nitrogen and oxygen atoms in total. The normalized spacial score (nSPS) is 17.8. The zero-order chi connectivity index (χ0) is 14.5. The van der Waals surface area contributed by atoms with Gasteiger partial charge in [0, 0.05) is 24.3 Å². The molecule has 2 rings (SSSR count).